The molecule has 0 aromatic rings. The minimum atomic E-state index is -0.494. The van der Waals surface area contributed by atoms with Gasteiger partial charge >= 0.3 is 0 Å². The van der Waals surface area contributed by atoms with Gasteiger partial charge in [0.05, 0.1) is 0 Å². The molecule has 0 aromatic carbocycles. The van der Waals surface area contributed by atoms with Crippen molar-refractivity contribution in [1.29, 1.82) is 0 Å². The number of hydrogen-bond donors (Lipinski definition) is 2. The molecule has 1 rings (SSSR count). The lowest BCUT2D eigenvalue weighted by molar-refractivity contribution is -0.130. The van der Waals surface area contributed by atoms with E-state index in [-0.39, 0.29) is 12.5 Å². The van der Waals surface area contributed by atoms with Gasteiger partial charge in [0.2, 0.25) is 5.91 Å². The normalized spacial score (nSPS) is 18.6. The first-order chi connectivity index (χ1) is 7.77. The first-order valence-corrected chi connectivity index (χ1v) is 6.28. The third kappa shape index (κ3) is 4.49. The van der Waals surface area contributed by atoms with Crippen LogP contribution in [0.4, 0.5) is 0 Å². The summed E-state index contributed by atoms with van der Waals surface area (Å²) in [5.41, 5.74) is 5.40. The van der Waals surface area contributed by atoms with Crippen molar-refractivity contribution in [2.75, 3.05) is 20.2 Å². The van der Waals surface area contributed by atoms with Crippen LogP contribution in [0.3, 0.4) is 0 Å². The van der Waals surface area contributed by atoms with Gasteiger partial charge in [0.25, 0.3) is 0 Å². The van der Waals surface area contributed by atoms with Crippen molar-refractivity contribution in [3.05, 3.63) is 0 Å². The van der Waals surface area contributed by atoms with Crippen molar-refractivity contribution < 1.29 is 9.53 Å². The van der Waals surface area contributed by atoms with Crippen LogP contribution in [0.1, 0.15) is 38.5 Å². The predicted molar refractivity (Wildman–Crippen MR) is 64.1 cm³/mol. The minimum Gasteiger partial charge on any atom is -0.370 e. The molecule has 0 heterocycles. The Morgan fingerprint density at radius 1 is 1.50 bits per heavy atom. The fourth-order valence-electron chi connectivity index (χ4n) is 2.33. The Bertz CT molecular complexity index is 199. The van der Waals surface area contributed by atoms with Crippen LogP contribution in [0, 0.1) is 5.92 Å². The summed E-state index contributed by atoms with van der Waals surface area (Å²) in [5.74, 6) is 0.807. The summed E-state index contributed by atoms with van der Waals surface area (Å²) < 4.78 is 4.95. The average Bonchev–Trinajstić information content (AvgIpc) is 2.79. The highest BCUT2D eigenvalue weighted by Crippen LogP contribution is 2.28. The molecule has 1 fully saturated rings. The van der Waals surface area contributed by atoms with Gasteiger partial charge in [-0.2, -0.15) is 0 Å². The number of carbonyl (C=O) groups is 1. The largest absolute Gasteiger partial charge is 0.370 e. The Morgan fingerprint density at radius 3 is 2.75 bits per heavy atom. The molecule has 94 valence electrons. The third-order valence-corrected chi connectivity index (χ3v) is 3.35. The first kappa shape index (κ1) is 13.5. The number of carbonyl (C=O) groups excluding carboxylic acids is 1. The van der Waals surface area contributed by atoms with Crippen LogP contribution >= 0.6 is 0 Å². The molecule has 1 aliphatic carbocycles. The zero-order valence-corrected chi connectivity index (χ0v) is 10.2. The van der Waals surface area contributed by atoms with Crippen LogP contribution in [0.5, 0.6) is 0 Å². The summed E-state index contributed by atoms with van der Waals surface area (Å²) in [7, 11) is 1.51. The average molecular weight is 228 g/mol. The van der Waals surface area contributed by atoms with Gasteiger partial charge in [0.15, 0.2) is 0 Å². The highest BCUT2D eigenvalue weighted by molar-refractivity contribution is 5.80. The van der Waals surface area contributed by atoms with Gasteiger partial charge in [-0.15, -0.1) is 0 Å². The summed E-state index contributed by atoms with van der Waals surface area (Å²) in [6, 6.07) is 0. The topological polar surface area (TPSA) is 64.3 Å². The lowest BCUT2D eigenvalue weighted by Gasteiger charge is -2.13. The Labute approximate surface area is 97.9 Å². The molecule has 0 aliphatic heterocycles. The van der Waals surface area contributed by atoms with Crippen LogP contribution in [-0.4, -0.2) is 32.2 Å². The van der Waals surface area contributed by atoms with Crippen LogP contribution in [-0.2, 0) is 9.53 Å². The van der Waals surface area contributed by atoms with E-state index in [0.29, 0.717) is 0 Å². The van der Waals surface area contributed by atoms with Crippen molar-refractivity contribution in [1.82, 2.24) is 5.32 Å². The fourth-order valence-corrected chi connectivity index (χ4v) is 2.33. The predicted octanol–water partition coefficient (Wildman–Crippen LogP) is 1.05. The number of hydrogen-bond acceptors (Lipinski definition) is 3. The number of rotatable bonds is 7. The molecule has 0 spiro atoms. The maximum absolute atomic E-state index is 11.5. The summed E-state index contributed by atoms with van der Waals surface area (Å²) in [4.78, 5) is 11.5. The van der Waals surface area contributed by atoms with E-state index in [2.05, 4.69) is 5.32 Å². The van der Waals surface area contributed by atoms with E-state index < -0.39 is 6.10 Å². The molecule has 1 aliphatic rings. The van der Waals surface area contributed by atoms with Crippen molar-refractivity contribution in [2.45, 2.75) is 44.6 Å². The Hall–Kier alpha value is -0.610. The van der Waals surface area contributed by atoms with Crippen molar-refractivity contribution >= 4 is 5.91 Å². The molecule has 0 saturated heterocycles. The zero-order valence-electron chi connectivity index (χ0n) is 10.2. The highest BCUT2D eigenvalue weighted by atomic mass is 16.5. The van der Waals surface area contributed by atoms with E-state index in [4.69, 9.17) is 10.5 Å². The standard InChI is InChI=1S/C12H24N2O2/c1-16-11(9-13)12(15)14-8-4-7-10-5-2-3-6-10/h10-11H,2-9,13H2,1H3,(H,14,15). The lowest BCUT2D eigenvalue weighted by Crippen LogP contribution is -2.40. The quantitative estimate of drug-likeness (QED) is 0.640. The van der Waals surface area contributed by atoms with E-state index in [9.17, 15) is 4.79 Å². The first-order valence-electron chi connectivity index (χ1n) is 6.28. The molecule has 1 saturated carbocycles. The van der Waals surface area contributed by atoms with Crippen molar-refractivity contribution in [3.63, 3.8) is 0 Å². The Kier molecular flexibility index (Phi) is 6.42. The lowest BCUT2D eigenvalue weighted by atomic mass is 10.0. The van der Waals surface area contributed by atoms with Gasteiger partial charge in [0.1, 0.15) is 6.10 Å². The van der Waals surface area contributed by atoms with Crippen LogP contribution in [0.15, 0.2) is 0 Å². The van der Waals surface area contributed by atoms with Gasteiger partial charge in [0, 0.05) is 20.2 Å². The molecular formula is C12H24N2O2. The second-order valence-corrected chi connectivity index (χ2v) is 4.54. The van der Waals surface area contributed by atoms with Crippen LogP contribution in [0.25, 0.3) is 0 Å². The molecule has 0 radical (unpaired) electrons. The van der Waals surface area contributed by atoms with Crippen LogP contribution < -0.4 is 11.1 Å². The second-order valence-electron chi connectivity index (χ2n) is 4.54. The smallest absolute Gasteiger partial charge is 0.250 e. The molecule has 1 amide bonds. The number of amides is 1. The van der Waals surface area contributed by atoms with Gasteiger partial charge in [-0.25, -0.2) is 0 Å². The second kappa shape index (κ2) is 7.63. The van der Waals surface area contributed by atoms with Gasteiger partial charge in [-0.3, -0.25) is 4.79 Å². The molecule has 0 bridgehead atoms. The van der Waals surface area contributed by atoms with Crippen molar-refractivity contribution in [3.8, 4) is 0 Å². The SMILES string of the molecule is COC(CN)C(=O)NCCCC1CCCC1. The molecule has 4 nitrogen and oxygen atoms in total. The number of ether oxygens (including phenoxy) is 1. The van der Waals surface area contributed by atoms with Gasteiger partial charge < -0.3 is 15.8 Å². The summed E-state index contributed by atoms with van der Waals surface area (Å²) in [6.45, 7) is 0.986. The summed E-state index contributed by atoms with van der Waals surface area (Å²) in [5, 5.41) is 2.86. The van der Waals surface area contributed by atoms with Crippen LogP contribution in [0.2, 0.25) is 0 Å². The van der Waals surface area contributed by atoms with Gasteiger partial charge in [-0.05, 0) is 18.8 Å². The molecular weight excluding hydrogens is 204 g/mol. The van der Waals surface area contributed by atoms with E-state index >= 15 is 0 Å². The third-order valence-electron chi connectivity index (χ3n) is 3.35. The summed E-state index contributed by atoms with van der Waals surface area (Å²) in [6.07, 6.45) is 7.32. The van der Waals surface area contributed by atoms with E-state index in [0.717, 1.165) is 18.9 Å². The molecule has 4 heteroatoms. The number of methoxy groups -OCH3 is 1. The maximum Gasteiger partial charge on any atom is 0.250 e. The molecule has 1 atom stereocenters. The van der Waals surface area contributed by atoms with Crippen molar-refractivity contribution in [2.24, 2.45) is 11.7 Å². The minimum absolute atomic E-state index is 0.0866. The number of nitrogens with one attached hydrogen (secondary N) is 1. The summed E-state index contributed by atoms with van der Waals surface area (Å²) >= 11 is 0. The van der Waals surface area contributed by atoms with E-state index in [1.807, 2.05) is 0 Å². The monoisotopic (exact) mass is 228 g/mol. The fraction of sp³-hybridized carbons (Fsp3) is 0.917. The Morgan fingerprint density at radius 2 is 2.19 bits per heavy atom. The molecule has 16 heavy (non-hydrogen) atoms. The Balaban J connectivity index is 2.03. The number of nitrogens with two attached hydrogens (primary N) is 1. The van der Waals surface area contributed by atoms with E-state index in [1.54, 1.807) is 0 Å². The maximum atomic E-state index is 11.5. The van der Waals surface area contributed by atoms with E-state index in [1.165, 1.54) is 39.2 Å². The zero-order chi connectivity index (χ0) is 11.8. The molecule has 0 aromatic heterocycles. The highest BCUT2D eigenvalue weighted by Gasteiger charge is 2.16. The molecule has 3 N–H and O–H groups in total. The van der Waals surface area contributed by atoms with Gasteiger partial charge in [-0.1, -0.05) is 25.7 Å². The molecule has 1 unspecified atom stereocenters.